The minimum Gasteiger partial charge on any atom is -0.303 e. The monoisotopic (exact) mass is 266 g/mol. The molecule has 0 heterocycles. The summed E-state index contributed by atoms with van der Waals surface area (Å²) in [5.74, 6) is 1.97. The van der Waals surface area contributed by atoms with Gasteiger partial charge in [-0.3, -0.25) is 4.52 Å². The van der Waals surface area contributed by atoms with E-state index in [1.54, 1.807) is 0 Å². The zero-order valence-corrected chi connectivity index (χ0v) is 12.3. The van der Waals surface area contributed by atoms with Crippen molar-refractivity contribution in [3.63, 3.8) is 0 Å². The maximum absolute atomic E-state index is 10.5. The van der Waals surface area contributed by atoms with Crippen LogP contribution in [0.5, 0.6) is 0 Å². The lowest BCUT2D eigenvalue weighted by Crippen LogP contribution is -2.09. The van der Waals surface area contributed by atoms with Gasteiger partial charge >= 0.3 is 7.82 Å². The van der Waals surface area contributed by atoms with Crippen LogP contribution in [0.3, 0.4) is 0 Å². The van der Waals surface area contributed by atoms with E-state index >= 15 is 0 Å². The summed E-state index contributed by atoms with van der Waals surface area (Å²) in [7, 11) is -4.28. The second kappa shape index (κ2) is 8.25. The Labute approximate surface area is 105 Å². The van der Waals surface area contributed by atoms with Crippen molar-refractivity contribution in [2.45, 2.75) is 53.4 Å². The van der Waals surface area contributed by atoms with Crippen LogP contribution >= 0.6 is 7.82 Å². The molecule has 0 amide bonds. The fourth-order valence-corrected chi connectivity index (χ4v) is 2.59. The highest BCUT2D eigenvalue weighted by molar-refractivity contribution is 7.46. The first-order valence-electron chi connectivity index (χ1n) is 6.40. The smallest absolute Gasteiger partial charge is 0.303 e. The quantitative estimate of drug-likeness (QED) is 0.494. The molecule has 104 valence electrons. The molecule has 0 saturated carbocycles. The van der Waals surface area contributed by atoms with Crippen LogP contribution in [-0.2, 0) is 9.09 Å². The van der Waals surface area contributed by atoms with E-state index in [0.717, 1.165) is 12.8 Å². The lowest BCUT2D eigenvalue weighted by atomic mass is 9.86. The molecule has 5 heteroatoms. The Morgan fingerprint density at radius 2 is 1.53 bits per heavy atom. The number of phosphoric ester groups is 1. The molecule has 0 aliphatic rings. The van der Waals surface area contributed by atoms with E-state index in [1.807, 2.05) is 0 Å². The molecule has 0 spiro atoms. The number of phosphoric acid groups is 1. The molecule has 0 atom stereocenters. The van der Waals surface area contributed by atoms with Crippen LogP contribution in [0.1, 0.15) is 53.4 Å². The number of rotatable bonds is 9. The summed E-state index contributed by atoms with van der Waals surface area (Å²) in [5.41, 5.74) is 0. The van der Waals surface area contributed by atoms with E-state index in [-0.39, 0.29) is 6.61 Å². The van der Waals surface area contributed by atoms with Crippen molar-refractivity contribution >= 4 is 7.82 Å². The molecule has 0 aromatic carbocycles. The molecule has 0 fully saturated rings. The van der Waals surface area contributed by atoms with Gasteiger partial charge in [0, 0.05) is 0 Å². The minimum absolute atomic E-state index is 0.150. The zero-order valence-electron chi connectivity index (χ0n) is 11.4. The summed E-state index contributed by atoms with van der Waals surface area (Å²) in [6, 6.07) is 0. The fraction of sp³-hybridized carbons (Fsp3) is 1.00. The maximum atomic E-state index is 10.5. The minimum atomic E-state index is -4.28. The predicted octanol–water partition coefficient (Wildman–Crippen LogP) is 3.58. The van der Waals surface area contributed by atoms with Gasteiger partial charge in [-0.05, 0) is 43.4 Å². The highest BCUT2D eigenvalue weighted by Crippen LogP contribution is 2.36. The molecule has 17 heavy (non-hydrogen) atoms. The van der Waals surface area contributed by atoms with Gasteiger partial charge in [0.05, 0.1) is 6.61 Å². The molecule has 4 nitrogen and oxygen atoms in total. The Kier molecular flexibility index (Phi) is 8.31. The third-order valence-corrected chi connectivity index (χ3v) is 3.14. The van der Waals surface area contributed by atoms with Crippen molar-refractivity contribution in [2.24, 2.45) is 17.8 Å². The summed E-state index contributed by atoms with van der Waals surface area (Å²) in [5, 5.41) is 0. The average Bonchev–Trinajstić information content (AvgIpc) is 2.08. The SMILES string of the molecule is CC(C)CC(CCCOP(=O)(O)O)CC(C)C. The molecule has 0 aromatic heterocycles. The van der Waals surface area contributed by atoms with Gasteiger partial charge in [-0.2, -0.15) is 0 Å². The fourth-order valence-electron chi connectivity index (χ4n) is 2.22. The van der Waals surface area contributed by atoms with Crippen molar-refractivity contribution in [1.29, 1.82) is 0 Å². The normalized spacial score (nSPS) is 13.0. The van der Waals surface area contributed by atoms with Crippen molar-refractivity contribution in [3.8, 4) is 0 Å². The third kappa shape index (κ3) is 12.4. The third-order valence-electron chi connectivity index (χ3n) is 2.63. The Balaban J connectivity index is 3.87. The van der Waals surface area contributed by atoms with Crippen LogP contribution < -0.4 is 0 Å². The molecular weight excluding hydrogens is 239 g/mol. The molecule has 0 bridgehead atoms. The largest absolute Gasteiger partial charge is 0.469 e. The summed E-state index contributed by atoms with van der Waals surface area (Å²) >= 11 is 0. The van der Waals surface area contributed by atoms with Crippen LogP contribution in [0.25, 0.3) is 0 Å². The van der Waals surface area contributed by atoms with Crippen LogP contribution in [0, 0.1) is 17.8 Å². The Morgan fingerprint density at radius 3 is 1.88 bits per heavy atom. The standard InChI is InChI=1S/C12H27O4P/c1-10(2)8-12(9-11(3)4)6-5-7-16-17(13,14)15/h10-12H,5-9H2,1-4H3,(H2,13,14,15). The lowest BCUT2D eigenvalue weighted by molar-refractivity contribution is 0.186. The van der Waals surface area contributed by atoms with Gasteiger partial charge in [-0.1, -0.05) is 27.7 Å². The van der Waals surface area contributed by atoms with Crippen molar-refractivity contribution in [1.82, 2.24) is 0 Å². The van der Waals surface area contributed by atoms with Crippen molar-refractivity contribution < 1.29 is 18.9 Å². The Hall–Kier alpha value is 0.110. The summed E-state index contributed by atoms with van der Waals surface area (Å²) < 4.78 is 15.0. The molecule has 0 aromatic rings. The topological polar surface area (TPSA) is 66.8 Å². The van der Waals surface area contributed by atoms with E-state index in [2.05, 4.69) is 32.2 Å². The molecule has 0 saturated heterocycles. The maximum Gasteiger partial charge on any atom is 0.469 e. The van der Waals surface area contributed by atoms with Crippen LogP contribution in [-0.4, -0.2) is 16.4 Å². The van der Waals surface area contributed by atoms with Gasteiger partial charge in [0.25, 0.3) is 0 Å². The molecule has 0 rings (SSSR count). The first-order chi connectivity index (χ1) is 7.70. The molecule has 0 unspecified atom stereocenters. The van der Waals surface area contributed by atoms with Crippen molar-refractivity contribution in [2.75, 3.05) is 6.61 Å². The summed E-state index contributed by atoms with van der Waals surface area (Å²) in [4.78, 5) is 17.1. The van der Waals surface area contributed by atoms with Crippen molar-refractivity contribution in [3.05, 3.63) is 0 Å². The first-order valence-corrected chi connectivity index (χ1v) is 7.93. The van der Waals surface area contributed by atoms with Gasteiger partial charge in [0.15, 0.2) is 0 Å². The van der Waals surface area contributed by atoms with Gasteiger partial charge in [-0.15, -0.1) is 0 Å². The summed E-state index contributed by atoms with van der Waals surface area (Å²) in [6.07, 6.45) is 4.05. The molecule has 0 radical (unpaired) electrons. The highest BCUT2D eigenvalue weighted by atomic mass is 31.2. The van der Waals surface area contributed by atoms with Gasteiger partial charge < -0.3 is 9.79 Å². The Morgan fingerprint density at radius 1 is 1.06 bits per heavy atom. The Bertz CT molecular complexity index is 225. The summed E-state index contributed by atoms with van der Waals surface area (Å²) in [6.45, 7) is 8.98. The van der Waals surface area contributed by atoms with E-state index in [9.17, 15) is 4.57 Å². The molecule has 2 N–H and O–H groups in total. The van der Waals surface area contributed by atoms with E-state index in [1.165, 1.54) is 12.8 Å². The predicted molar refractivity (Wildman–Crippen MR) is 69.6 cm³/mol. The highest BCUT2D eigenvalue weighted by Gasteiger charge is 2.15. The second-order valence-electron chi connectivity index (χ2n) is 5.59. The second-order valence-corrected chi connectivity index (χ2v) is 6.83. The first kappa shape index (κ1) is 17.1. The zero-order chi connectivity index (χ0) is 13.5. The molecular formula is C12H27O4P. The average molecular weight is 266 g/mol. The van der Waals surface area contributed by atoms with Crippen LogP contribution in [0.15, 0.2) is 0 Å². The molecule has 0 aliphatic carbocycles. The van der Waals surface area contributed by atoms with Crippen LogP contribution in [0.4, 0.5) is 0 Å². The number of hydrogen-bond donors (Lipinski definition) is 2. The van der Waals surface area contributed by atoms with Gasteiger partial charge in [0.2, 0.25) is 0 Å². The number of hydrogen-bond acceptors (Lipinski definition) is 2. The van der Waals surface area contributed by atoms with E-state index < -0.39 is 7.82 Å². The van der Waals surface area contributed by atoms with E-state index in [0.29, 0.717) is 17.8 Å². The van der Waals surface area contributed by atoms with Gasteiger partial charge in [-0.25, -0.2) is 4.57 Å². The van der Waals surface area contributed by atoms with Crippen LogP contribution in [0.2, 0.25) is 0 Å². The van der Waals surface area contributed by atoms with Gasteiger partial charge in [0.1, 0.15) is 0 Å². The lowest BCUT2D eigenvalue weighted by Gasteiger charge is -2.20. The van der Waals surface area contributed by atoms with E-state index in [4.69, 9.17) is 9.79 Å². The molecule has 0 aliphatic heterocycles.